The molecule has 1 aliphatic carbocycles. The van der Waals surface area contributed by atoms with E-state index in [-0.39, 0.29) is 17.3 Å². The number of carbonyl (C=O) groups excluding carboxylic acids is 2. The number of amides is 1. The van der Waals surface area contributed by atoms with Crippen LogP contribution in [0.1, 0.15) is 55.5 Å². The summed E-state index contributed by atoms with van der Waals surface area (Å²) < 4.78 is 4.81. The summed E-state index contributed by atoms with van der Waals surface area (Å²) in [5.74, 6) is -0.281. The van der Waals surface area contributed by atoms with E-state index in [0.29, 0.717) is 12.8 Å². The fourth-order valence-electron chi connectivity index (χ4n) is 3.66. The number of hydrogen-bond donors (Lipinski definition) is 1. The Kier molecular flexibility index (Phi) is 5.39. The molecule has 1 heterocycles. The van der Waals surface area contributed by atoms with Gasteiger partial charge in [0.1, 0.15) is 0 Å². The fraction of sp³-hybridized carbons (Fsp3) is 0.611. The molecule has 0 aliphatic heterocycles. The molecule has 0 bridgehead atoms. The van der Waals surface area contributed by atoms with Gasteiger partial charge in [0.2, 0.25) is 5.91 Å². The molecule has 0 radical (unpaired) electrons. The third-order valence-corrected chi connectivity index (χ3v) is 4.74. The number of methoxy groups -OCH3 is 1. The van der Waals surface area contributed by atoms with Crippen molar-refractivity contribution in [3.63, 3.8) is 0 Å². The normalized spacial score (nSPS) is 16.2. The number of nitrogens with one attached hydrogen (secondary N) is 1. The van der Waals surface area contributed by atoms with Gasteiger partial charge < -0.3 is 10.1 Å². The maximum Gasteiger partial charge on any atom is 0.306 e. The predicted octanol–water partition coefficient (Wildman–Crippen LogP) is 3.46. The van der Waals surface area contributed by atoms with Gasteiger partial charge in [0.05, 0.1) is 24.9 Å². The maximum atomic E-state index is 12.5. The van der Waals surface area contributed by atoms with E-state index >= 15 is 0 Å². The summed E-state index contributed by atoms with van der Waals surface area (Å²) in [6.07, 6.45) is 4.61. The van der Waals surface area contributed by atoms with Gasteiger partial charge in [-0.1, -0.05) is 12.8 Å². The molecule has 0 aromatic carbocycles. The van der Waals surface area contributed by atoms with Crippen molar-refractivity contribution in [1.29, 1.82) is 0 Å². The van der Waals surface area contributed by atoms with Crippen LogP contribution in [0.3, 0.4) is 0 Å². The zero-order valence-corrected chi connectivity index (χ0v) is 14.5. The van der Waals surface area contributed by atoms with Crippen LogP contribution in [0.25, 0.3) is 0 Å². The van der Waals surface area contributed by atoms with E-state index in [2.05, 4.69) is 10.3 Å². The second-order valence-electron chi connectivity index (χ2n) is 6.73. The van der Waals surface area contributed by atoms with E-state index in [0.717, 1.165) is 48.3 Å². The standard InChI is InChI=1S/C18H26N2O3/c1-12-9-13(2)19-14(3)17(12)20-15(21)10-18(7-5-6-8-18)11-16(22)23-4/h9H,5-8,10-11H2,1-4H3,(H,20,21). The van der Waals surface area contributed by atoms with Crippen molar-refractivity contribution in [2.24, 2.45) is 5.41 Å². The summed E-state index contributed by atoms with van der Waals surface area (Å²) in [6, 6.07) is 1.96. The van der Waals surface area contributed by atoms with Crippen LogP contribution in [0.15, 0.2) is 6.07 Å². The molecule has 2 rings (SSSR count). The first-order chi connectivity index (χ1) is 10.8. The van der Waals surface area contributed by atoms with Gasteiger partial charge in [-0.3, -0.25) is 14.6 Å². The Balaban J connectivity index is 2.10. The molecule has 1 saturated carbocycles. The average Bonchev–Trinajstić information content (AvgIpc) is 2.90. The van der Waals surface area contributed by atoms with Crippen LogP contribution in [0.2, 0.25) is 0 Å². The van der Waals surface area contributed by atoms with E-state index in [9.17, 15) is 9.59 Å². The molecule has 1 amide bonds. The van der Waals surface area contributed by atoms with Gasteiger partial charge in [-0.25, -0.2) is 0 Å². The van der Waals surface area contributed by atoms with Crippen molar-refractivity contribution in [1.82, 2.24) is 4.98 Å². The van der Waals surface area contributed by atoms with E-state index in [1.807, 2.05) is 26.8 Å². The van der Waals surface area contributed by atoms with E-state index in [1.165, 1.54) is 7.11 Å². The number of ether oxygens (including phenoxy) is 1. The molecule has 1 N–H and O–H groups in total. The van der Waals surface area contributed by atoms with Crippen LogP contribution in [0.5, 0.6) is 0 Å². The summed E-state index contributed by atoms with van der Waals surface area (Å²) in [5, 5.41) is 3.00. The second kappa shape index (κ2) is 7.11. The SMILES string of the molecule is COC(=O)CC1(CC(=O)Nc2c(C)cc(C)nc2C)CCCC1. The number of aryl methyl sites for hydroxylation is 3. The first-order valence-corrected chi connectivity index (χ1v) is 8.17. The molecule has 5 heteroatoms. The molecule has 5 nitrogen and oxygen atoms in total. The van der Waals surface area contributed by atoms with E-state index in [1.54, 1.807) is 0 Å². The van der Waals surface area contributed by atoms with Crippen LogP contribution in [-0.2, 0) is 14.3 Å². The highest BCUT2D eigenvalue weighted by Crippen LogP contribution is 2.44. The number of aromatic nitrogens is 1. The van der Waals surface area contributed by atoms with E-state index in [4.69, 9.17) is 4.74 Å². The number of anilines is 1. The first kappa shape index (κ1) is 17.4. The summed E-state index contributed by atoms with van der Waals surface area (Å²) in [4.78, 5) is 28.6. The molecule has 1 aliphatic rings. The minimum absolute atomic E-state index is 0.0485. The zero-order chi connectivity index (χ0) is 17.0. The van der Waals surface area contributed by atoms with Crippen LogP contribution in [-0.4, -0.2) is 24.0 Å². The van der Waals surface area contributed by atoms with Crippen LogP contribution >= 0.6 is 0 Å². The second-order valence-corrected chi connectivity index (χ2v) is 6.73. The smallest absolute Gasteiger partial charge is 0.306 e. The molecule has 23 heavy (non-hydrogen) atoms. The molecule has 0 saturated heterocycles. The number of pyridine rings is 1. The maximum absolute atomic E-state index is 12.5. The number of rotatable bonds is 5. The largest absolute Gasteiger partial charge is 0.469 e. The average molecular weight is 318 g/mol. The van der Waals surface area contributed by atoms with Crippen LogP contribution < -0.4 is 5.32 Å². The number of esters is 1. The first-order valence-electron chi connectivity index (χ1n) is 8.17. The Hall–Kier alpha value is -1.91. The Morgan fingerprint density at radius 1 is 1.22 bits per heavy atom. The van der Waals surface area contributed by atoms with Crippen molar-refractivity contribution in [2.45, 2.75) is 59.3 Å². The molecule has 1 fully saturated rings. The topological polar surface area (TPSA) is 68.3 Å². The van der Waals surface area contributed by atoms with Gasteiger partial charge in [0, 0.05) is 12.1 Å². The molecule has 126 valence electrons. The molecular formula is C18H26N2O3. The van der Waals surface area contributed by atoms with E-state index < -0.39 is 0 Å². The highest BCUT2D eigenvalue weighted by atomic mass is 16.5. The lowest BCUT2D eigenvalue weighted by Crippen LogP contribution is -2.28. The third kappa shape index (κ3) is 4.30. The van der Waals surface area contributed by atoms with Crippen molar-refractivity contribution in [3.05, 3.63) is 23.0 Å². The van der Waals surface area contributed by atoms with Crippen molar-refractivity contribution in [3.8, 4) is 0 Å². The Labute approximate surface area is 137 Å². The van der Waals surface area contributed by atoms with Crippen molar-refractivity contribution >= 4 is 17.6 Å². The Morgan fingerprint density at radius 2 is 1.87 bits per heavy atom. The minimum Gasteiger partial charge on any atom is -0.469 e. The predicted molar refractivity (Wildman–Crippen MR) is 89.2 cm³/mol. The summed E-state index contributed by atoms with van der Waals surface area (Å²) in [5.41, 5.74) is 3.31. The lowest BCUT2D eigenvalue weighted by molar-refractivity contribution is -0.143. The minimum atomic E-state index is -0.253. The van der Waals surface area contributed by atoms with Crippen molar-refractivity contribution < 1.29 is 14.3 Å². The summed E-state index contributed by atoms with van der Waals surface area (Å²) >= 11 is 0. The Bertz CT molecular complexity index is 581. The summed E-state index contributed by atoms with van der Waals surface area (Å²) in [6.45, 7) is 5.81. The van der Waals surface area contributed by atoms with Crippen molar-refractivity contribution in [2.75, 3.05) is 12.4 Å². The van der Waals surface area contributed by atoms with Gasteiger partial charge in [-0.15, -0.1) is 0 Å². The molecule has 0 unspecified atom stereocenters. The molecule has 1 aromatic rings. The van der Waals surface area contributed by atoms with Gasteiger partial charge in [-0.2, -0.15) is 0 Å². The molecule has 0 atom stereocenters. The molecule has 1 aromatic heterocycles. The third-order valence-electron chi connectivity index (χ3n) is 4.74. The zero-order valence-electron chi connectivity index (χ0n) is 14.5. The van der Waals surface area contributed by atoms with Gasteiger partial charge in [0.25, 0.3) is 0 Å². The van der Waals surface area contributed by atoms with Crippen LogP contribution in [0, 0.1) is 26.2 Å². The van der Waals surface area contributed by atoms with Crippen LogP contribution in [0.4, 0.5) is 5.69 Å². The highest BCUT2D eigenvalue weighted by Gasteiger charge is 2.38. The highest BCUT2D eigenvalue weighted by molar-refractivity contribution is 5.92. The number of carbonyl (C=O) groups is 2. The molecule has 0 spiro atoms. The fourth-order valence-corrected chi connectivity index (χ4v) is 3.66. The monoisotopic (exact) mass is 318 g/mol. The van der Waals surface area contributed by atoms with Gasteiger partial charge in [-0.05, 0) is 50.7 Å². The number of nitrogens with zero attached hydrogens (tertiary/aromatic N) is 1. The van der Waals surface area contributed by atoms with Gasteiger partial charge >= 0.3 is 5.97 Å². The van der Waals surface area contributed by atoms with Gasteiger partial charge in [0.15, 0.2) is 0 Å². The number of hydrogen-bond acceptors (Lipinski definition) is 4. The molecular weight excluding hydrogens is 292 g/mol. The quantitative estimate of drug-likeness (QED) is 0.844. The Morgan fingerprint density at radius 3 is 2.43 bits per heavy atom. The lowest BCUT2D eigenvalue weighted by atomic mass is 9.79. The lowest BCUT2D eigenvalue weighted by Gasteiger charge is -2.27. The summed E-state index contributed by atoms with van der Waals surface area (Å²) in [7, 11) is 1.40.